The van der Waals surface area contributed by atoms with Crippen molar-refractivity contribution in [1.29, 1.82) is 0 Å². The first-order chi connectivity index (χ1) is 36.9. The van der Waals surface area contributed by atoms with Crippen LogP contribution in [0.15, 0.2) is 251 Å². The van der Waals surface area contributed by atoms with Crippen molar-refractivity contribution in [1.82, 2.24) is 4.57 Å². The second kappa shape index (κ2) is 19.0. The van der Waals surface area contributed by atoms with Gasteiger partial charge in [0.15, 0.2) is 0 Å². The average Bonchev–Trinajstić information content (AvgIpc) is 4.14. The average molecular weight is 966 g/mol. The summed E-state index contributed by atoms with van der Waals surface area (Å²) in [6.45, 7) is 8.92. The van der Waals surface area contributed by atoms with Crippen molar-refractivity contribution in [3.05, 3.63) is 259 Å². The number of furan rings is 2. The predicted octanol–water partition coefficient (Wildman–Crippen LogP) is 20.7. The van der Waals surface area contributed by atoms with E-state index in [2.05, 4.69) is 257 Å². The highest BCUT2D eigenvalue weighted by atomic mass is 16.3. The third-order valence-electron chi connectivity index (χ3n) is 15.4. The van der Waals surface area contributed by atoms with Gasteiger partial charge in [-0.1, -0.05) is 201 Å². The molecule has 360 valence electrons. The van der Waals surface area contributed by atoms with E-state index in [-0.39, 0.29) is 0 Å². The quantitative estimate of drug-likeness (QED) is 0.152. The highest BCUT2D eigenvalue weighted by Crippen LogP contribution is 2.45. The van der Waals surface area contributed by atoms with Gasteiger partial charge in [0.05, 0.1) is 11.0 Å². The first kappa shape index (κ1) is 45.7. The SMILES string of the molecule is CC[C@@H](C)c1ccc(-c2cccc3c2oc2cc4oc5c(-c6ccc7c(c6)c6cc(-c8ccccc8)ccc6n7-c6ccccc6)cccc5c4cc23)cc1-c1cc(-c2ccccc2)ccc1C.Cc1ccccc1. The topological polar surface area (TPSA) is 31.2 Å². The molecule has 0 saturated heterocycles. The number of para-hydroxylation sites is 3. The Balaban J connectivity index is 0.000000717. The van der Waals surface area contributed by atoms with Crippen LogP contribution in [0.5, 0.6) is 0 Å². The largest absolute Gasteiger partial charge is 0.455 e. The number of aryl methyl sites for hydroxylation is 2. The van der Waals surface area contributed by atoms with Crippen LogP contribution in [0.4, 0.5) is 0 Å². The lowest BCUT2D eigenvalue weighted by Gasteiger charge is -2.19. The molecule has 0 N–H and O–H groups in total. The van der Waals surface area contributed by atoms with Crippen LogP contribution < -0.4 is 0 Å². The van der Waals surface area contributed by atoms with E-state index in [0.29, 0.717) is 5.92 Å². The zero-order chi connectivity index (χ0) is 50.6. The maximum atomic E-state index is 6.91. The van der Waals surface area contributed by atoms with Crippen LogP contribution in [0.1, 0.15) is 42.9 Å². The van der Waals surface area contributed by atoms with Crippen LogP contribution in [0.25, 0.3) is 127 Å². The van der Waals surface area contributed by atoms with E-state index in [1.165, 1.54) is 71.9 Å². The lowest BCUT2D eigenvalue weighted by Crippen LogP contribution is -1.98. The zero-order valence-corrected chi connectivity index (χ0v) is 42.6. The van der Waals surface area contributed by atoms with Crippen molar-refractivity contribution < 1.29 is 8.83 Å². The van der Waals surface area contributed by atoms with Gasteiger partial charge >= 0.3 is 0 Å². The van der Waals surface area contributed by atoms with Crippen molar-refractivity contribution in [2.24, 2.45) is 0 Å². The summed E-state index contributed by atoms with van der Waals surface area (Å²) in [6, 6.07) is 87.3. The Morgan fingerprint density at radius 3 is 1.40 bits per heavy atom. The second-order valence-electron chi connectivity index (χ2n) is 20.1. The molecule has 75 heavy (non-hydrogen) atoms. The van der Waals surface area contributed by atoms with Crippen molar-refractivity contribution in [3.8, 4) is 61.3 Å². The van der Waals surface area contributed by atoms with Gasteiger partial charge in [0.25, 0.3) is 0 Å². The molecule has 0 spiro atoms. The number of hydrogen-bond donors (Lipinski definition) is 0. The van der Waals surface area contributed by atoms with E-state index in [9.17, 15) is 0 Å². The van der Waals surface area contributed by atoms with Gasteiger partial charge < -0.3 is 13.4 Å². The summed E-state index contributed by atoms with van der Waals surface area (Å²) in [6.07, 6.45) is 1.06. The molecule has 0 unspecified atom stereocenters. The van der Waals surface area contributed by atoms with Crippen molar-refractivity contribution >= 4 is 65.7 Å². The Morgan fingerprint density at radius 2 is 0.840 bits per heavy atom. The third kappa shape index (κ3) is 8.18. The van der Waals surface area contributed by atoms with E-state index in [1.807, 2.05) is 18.2 Å². The van der Waals surface area contributed by atoms with Crippen LogP contribution in [-0.4, -0.2) is 4.57 Å². The van der Waals surface area contributed by atoms with E-state index >= 15 is 0 Å². The first-order valence-corrected chi connectivity index (χ1v) is 26.2. The molecule has 1 atom stereocenters. The van der Waals surface area contributed by atoms with Gasteiger partial charge in [0.2, 0.25) is 0 Å². The maximum absolute atomic E-state index is 6.91. The summed E-state index contributed by atoms with van der Waals surface area (Å²) in [7, 11) is 0. The summed E-state index contributed by atoms with van der Waals surface area (Å²) in [4.78, 5) is 0. The van der Waals surface area contributed by atoms with Crippen LogP contribution >= 0.6 is 0 Å². The molecular formula is C72H55NO2. The Hall–Kier alpha value is -9.18. The maximum Gasteiger partial charge on any atom is 0.143 e. The number of benzene rings is 11. The summed E-state index contributed by atoms with van der Waals surface area (Å²) in [5, 5.41) is 6.74. The van der Waals surface area contributed by atoms with E-state index in [4.69, 9.17) is 8.83 Å². The van der Waals surface area contributed by atoms with Gasteiger partial charge in [0, 0.05) is 55.2 Å². The number of fused-ring (bicyclic) bond motifs is 9. The van der Waals surface area contributed by atoms with Gasteiger partial charge in [-0.3, -0.25) is 0 Å². The Morgan fingerprint density at radius 1 is 0.360 bits per heavy atom. The summed E-state index contributed by atoms with van der Waals surface area (Å²) >= 11 is 0. The molecule has 0 fully saturated rings. The lowest BCUT2D eigenvalue weighted by atomic mass is 9.85. The molecule has 3 heterocycles. The molecule has 0 amide bonds. The van der Waals surface area contributed by atoms with Gasteiger partial charge in [-0.25, -0.2) is 0 Å². The number of aromatic nitrogens is 1. The monoisotopic (exact) mass is 965 g/mol. The van der Waals surface area contributed by atoms with E-state index < -0.39 is 0 Å². The fourth-order valence-corrected chi connectivity index (χ4v) is 11.3. The van der Waals surface area contributed by atoms with Crippen molar-refractivity contribution in [2.75, 3.05) is 0 Å². The predicted molar refractivity (Wildman–Crippen MR) is 317 cm³/mol. The highest BCUT2D eigenvalue weighted by molar-refractivity contribution is 6.19. The molecule has 0 aliphatic carbocycles. The molecule has 3 nitrogen and oxygen atoms in total. The molecule has 0 saturated carbocycles. The Kier molecular flexibility index (Phi) is 11.6. The summed E-state index contributed by atoms with van der Waals surface area (Å²) < 4.78 is 16.2. The second-order valence-corrected chi connectivity index (χ2v) is 20.1. The van der Waals surface area contributed by atoms with Gasteiger partial charge in [-0.15, -0.1) is 0 Å². The minimum absolute atomic E-state index is 0.407. The molecule has 0 aliphatic rings. The molecular weight excluding hydrogens is 911 g/mol. The van der Waals surface area contributed by atoms with Crippen LogP contribution in [0.2, 0.25) is 0 Å². The van der Waals surface area contributed by atoms with Crippen LogP contribution in [0, 0.1) is 13.8 Å². The van der Waals surface area contributed by atoms with Crippen LogP contribution in [-0.2, 0) is 0 Å². The summed E-state index contributed by atoms with van der Waals surface area (Å²) in [5.74, 6) is 0.407. The number of hydrogen-bond acceptors (Lipinski definition) is 2. The standard InChI is InChI=1S/C65H47NO2.C7H8/c1-4-40(2)49-31-28-46(36-55(49)54-34-44(27-26-41(54)3)42-16-8-5-9-17-42)50-22-14-24-52-58-38-59-53-25-15-23-51(65(53)68-63(59)39-62(58)67-64(50)52)47-30-33-61-57(37-47)56-35-45(43-18-10-6-11-19-43)29-32-60(56)66(61)48-20-12-7-13-21-48;1-7-5-3-2-4-6-7/h5-40H,4H2,1-3H3;2-6H,1H3/t40-;/m1./s1. The number of rotatable bonds is 8. The highest BCUT2D eigenvalue weighted by Gasteiger charge is 2.21. The van der Waals surface area contributed by atoms with Crippen LogP contribution in [0.3, 0.4) is 0 Å². The Labute approximate surface area is 437 Å². The third-order valence-corrected chi connectivity index (χ3v) is 15.4. The minimum Gasteiger partial charge on any atom is -0.455 e. The fourth-order valence-electron chi connectivity index (χ4n) is 11.3. The molecule has 14 aromatic rings. The lowest BCUT2D eigenvalue weighted by molar-refractivity contribution is 0.657. The van der Waals surface area contributed by atoms with Gasteiger partial charge in [-0.2, -0.15) is 0 Å². The molecule has 3 aromatic heterocycles. The molecule has 0 radical (unpaired) electrons. The Bertz CT molecular complexity index is 4410. The summed E-state index contributed by atoms with van der Waals surface area (Å²) in [5.41, 5.74) is 22.6. The normalized spacial score (nSPS) is 12.0. The fraction of sp³-hybridized carbons (Fsp3) is 0.0833. The molecule has 3 heteroatoms. The number of nitrogens with zero attached hydrogens (tertiary/aromatic N) is 1. The van der Waals surface area contributed by atoms with Gasteiger partial charge in [-0.05, 0) is 136 Å². The minimum atomic E-state index is 0.407. The molecule has 0 aliphatic heterocycles. The molecule has 14 rings (SSSR count). The molecule has 0 bridgehead atoms. The van der Waals surface area contributed by atoms with E-state index in [0.717, 1.165) is 78.2 Å². The molecule has 11 aromatic carbocycles. The van der Waals surface area contributed by atoms with E-state index in [1.54, 1.807) is 0 Å². The van der Waals surface area contributed by atoms with Gasteiger partial charge in [0.1, 0.15) is 22.3 Å². The van der Waals surface area contributed by atoms with Crippen molar-refractivity contribution in [3.63, 3.8) is 0 Å². The smallest absolute Gasteiger partial charge is 0.143 e. The first-order valence-electron chi connectivity index (χ1n) is 26.2. The van der Waals surface area contributed by atoms with Crippen molar-refractivity contribution in [2.45, 2.75) is 40.0 Å². The zero-order valence-electron chi connectivity index (χ0n) is 42.6.